The van der Waals surface area contributed by atoms with Gasteiger partial charge in [-0.3, -0.25) is 4.79 Å². The van der Waals surface area contributed by atoms with Crippen LogP contribution in [0.3, 0.4) is 0 Å². The fourth-order valence-electron chi connectivity index (χ4n) is 0.472. The molecule has 1 aliphatic rings. The van der Waals surface area contributed by atoms with Crippen LogP contribution in [-0.2, 0) is 4.79 Å². The van der Waals surface area contributed by atoms with Gasteiger partial charge in [0.25, 0.3) is 5.91 Å². The van der Waals surface area contributed by atoms with E-state index in [4.69, 9.17) is 5.73 Å². The average Bonchev–Trinajstić information content (AvgIpc) is 1.98. The standard InChI is InChI=1S/C4H7N3O/c1-2-3(5)4(8)7-6-2/h3H,5H2,1H3,(H,7,8)/t3-/m1/s1. The largest absolute Gasteiger partial charge is 0.315 e. The van der Waals surface area contributed by atoms with Crippen LogP contribution in [0.15, 0.2) is 5.10 Å². The molecular formula is C4H7N3O. The van der Waals surface area contributed by atoms with E-state index in [9.17, 15) is 4.79 Å². The highest BCUT2D eigenvalue weighted by atomic mass is 16.2. The van der Waals surface area contributed by atoms with E-state index in [-0.39, 0.29) is 5.91 Å². The lowest BCUT2D eigenvalue weighted by atomic mass is 10.2. The molecule has 1 aliphatic heterocycles. The third-order valence-electron chi connectivity index (χ3n) is 1.08. The zero-order chi connectivity index (χ0) is 6.15. The van der Waals surface area contributed by atoms with Crippen LogP contribution in [-0.4, -0.2) is 17.7 Å². The number of hydrazone groups is 1. The van der Waals surface area contributed by atoms with E-state index in [2.05, 4.69) is 10.5 Å². The smallest absolute Gasteiger partial charge is 0.262 e. The van der Waals surface area contributed by atoms with Gasteiger partial charge in [0, 0.05) is 0 Å². The van der Waals surface area contributed by atoms with E-state index < -0.39 is 6.04 Å². The van der Waals surface area contributed by atoms with Gasteiger partial charge in [0.1, 0.15) is 6.04 Å². The van der Waals surface area contributed by atoms with Gasteiger partial charge in [-0.2, -0.15) is 5.10 Å². The molecule has 1 amide bonds. The van der Waals surface area contributed by atoms with E-state index in [1.165, 1.54) is 0 Å². The van der Waals surface area contributed by atoms with E-state index in [0.717, 1.165) is 0 Å². The third kappa shape index (κ3) is 0.586. The van der Waals surface area contributed by atoms with E-state index in [1.807, 2.05) is 0 Å². The summed E-state index contributed by atoms with van der Waals surface area (Å²) in [6.45, 7) is 1.71. The third-order valence-corrected chi connectivity index (χ3v) is 1.08. The number of nitrogens with two attached hydrogens (primary N) is 1. The first-order chi connectivity index (χ1) is 3.72. The molecule has 0 radical (unpaired) electrons. The second-order valence-electron chi connectivity index (χ2n) is 1.71. The minimum Gasteiger partial charge on any atom is -0.315 e. The Balaban J connectivity index is 2.72. The van der Waals surface area contributed by atoms with Gasteiger partial charge in [-0.05, 0) is 6.92 Å². The number of amides is 1. The lowest BCUT2D eigenvalue weighted by Crippen LogP contribution is -2.36. The monoisotopic (exact) mass is 113 g/mol. The second-order valence-corrected chi connectivity index (χ2v) is 1.71. The van der Waals surface area contributed by atoms with Crippen molar-refractivity contribution in [2.24, 2.45) is 10.8 Å². The van der Waals surface area contributed by atoms with Crippen molar-refractivity contribution in [1.29, 1.82) is 0 Å². The van der Waals surface area contributed by atoms with Crippen molar-refractivity contribution in [2.75, 3.05) is 0 Å². The fourth-order valence-corrected chi connectivity index (χ4v) is 0.472. The first-order valence-electron chi connectivity index (χ1n) is 2.31. The highest BCUT2D eigenvalue weighted by Gasteiger charge is 2.21. The van der Waals surface area contributed by atoms with Gasteiger partial charge in [0.2, 0.25) is 0 Å². The molecule has 1 heterocycles. The summed E-state index contributed by atoms with van der Waals surface area (Å²) >= 11 is 0. The lowest BCUT2D eigenvalue weighted by Gasteiger charge is -1.93. The number of nitrogens with one attached hydrogen (secondary N) is 1. The summed E-state index contributed by atoms with van der Waals surface area (Å²) in [5.74, 6) is -0.220. The van der Waals surface area contributed by atoms with Gasteiger partial charge >= 0.3 is 0 Å². The van der Waals surface area contributed by atoms with Gasteiger partial charge in [-0.15, -0.1) is 0 Å². The van der Waals surface area contributed by atoms with Crippen LogP contribution in [0.1, 0.15) is 6.92 Å². The first kappa shape index (κ1) is 5.24. The van der Waals surface area contributed by atoms with Crippen molar-refractivity contribution < 1.29 is 4.79 Å². The van der Waals surface area contributed by atoms with Crippen LogP contribution >= 0.6 is 0 Å². The van der Waals surface area contributed by atoms with Crippen LogP contribution in [0.2, 0.25) is 0 Å². The normalized spacial score (nSPS) is 27.5. The maximum atomic E-state index is 10.4. The highest BCUT2D eigenvalue weighted by Crippen LogP contribution is 1.91. The Bertz CT molecular complexity index is 151. The molecule has 4 nitrogen and oxygen atoms in total. The second kappa shape index (κ2) is 1.56. The summed E-state index contributed by atoms with van der Waals surface area (Å²) in [4.78, 5) is 10.4. The summed E-state index contributed by atoms with van der Waals surface area (Å²) < 4.78 is 0. The molecule has 8 heavy (non-hydrogen) atoms. The predicted octanol–water partition coefficient (Wildman–Crippen LogP) is -1.18. The van der Waals surface area contributed by atoms with Crippen LogP contribution in [0, 0.1) is 0 Å². The van der Waals surface area contributed by atoms with Crippen molar-refractivity contribution >= 4 is 11.6 Å². The summed E-state index contributed by atoms with van der Waals surface area (Å²) in [5, 5.41) is 3.59. The highest BCUT2D eigenvalue weighted by molar-refractivity contribution is 6.10. The SMILES string of the molecule is CC1=NNC(=O)[C@@H]1N. The Morgan fingerprint density at radius 2 is 2.50 bits per heavy atom. The van der Waals surface area contributed by atoms with Crippen LogP contribution < -0.4 is 11.2 Å². The molecule has 0 spiro atoms. The molecule has 0 aromatic heterocycles. The van der Waals surface area contributed by atoms with Crippen molar-refractivity contribution in [1.82, 2.24) is 5.43 Å². The van der Waals surface area contributed by atoms with E-state index in [1.54, 1.807) is 6.92 Å². The molecule has 0 aromatic rings. The zero-order valence-corrected chi connectivity index (χ0v) is 4.51. The quantitative estimate of drug-likeness (QED) is 0.415. The van der Waals surface area contributed by atoms with Crippen LogP contribution in [0.4, 0.5) is 0 Å². The fraction of sp³-hybridized carbons (Fsp3) is 0.500. The van der Waals surface area contributed by atoms with Crippen LogP contribution in [0.25, 0.3) is 0 Å². The summed E-state index contributed by atoms with van der Waals surface area (Å²) in [7, 11) is 0. The Morgan fingerprint density at radius 1 is 1.88 bits per heavy atom. The molecule has 4 heteroatoms. The van der Waals surface area contributed by atoms with Crippen molar-refractivity contribution in [3.05, 3.63) is 0 Å². The summed E-state index contributed by atoms with van der Waals surface area (Å²) in [6, 6.07) is -0.519. The van der Waals surface area contributed by atoms with E-state index in [0.29, 0.717) is 5.71 Å². The molecule has 0 fully saturated rings. The molecular weight excluding hydrogens is 106 g/mol. The molecule has 44 valence electrons. The molecule has 0 aliphatic carbocycles. The van der Waals surface area contributed by atoms with Gasteiger partial charge in [-0.25, -0.2) is 5.43 Å². The Morgan fingerprint density at radius 3 is 2.62 bits per heavy atom. The molecule has 0 aromatic carbocycles. The topological polar surface area (TPSA) is 67.5 Å². The number of nitrogens with zero attached hydrogens (tertiary/aromatic N) is 1. The van der Waals surface area contributed by atoms with Gasteiger partial charge in [0.05, 0.1) is 5.71 Å². The van der Waals surface area contributed by atoms with Crippen molar-refractivity contribution in [3.63, 3.8) is 0 Å². The molecule has 0 saturated carbocycles. The predicted molar refractivity (Wildman–Crippen MR) is 29.2 cm³/mol. The van der Waals surface area contributed by atoms with E-state index >= 15 is 0 Å². The molecule has 0 unspecified atom stereocenters. The Hall–Kier alpha value is -0.900. The summed E-state index contributed by atoms with van der Waals surface area (Å²) in [6.07, 6.45) is 0. The van der Waals surface area contributed by atoms with Crippen molar-refractivity contribution in [2.45, 2.75) is 13.0 Å². The van der Waals surface area contributed by atoms with Gasteiger partial charge < -0.3 is 5.73 Å². The molecule has 0 saturated heterocycles. The zero-order valence-electron chi connectivity index (χ0n) is 4.51. The van der Waals surface area contributed by atoms with Gasteiger partial charge in [-0.1, -0.05) is 0 Å². The Labute approximate surface area is 46.7 Å². The van der Waals surface area contributed by atoms with Gasteiger partial charge in [0.15, 0.2) is 0 Å². The minimum atomic E-state index is -0.519. The number of hydrogen-bond acceptors (Lipinski definition) is 3. The maximum absolute atomic E-state index is 10.4. The van der Waals surface area contributed by atoms with Crippen molar-refractivity contribution in [3.8, 4) is 0 Å². The minimum absolute atomic E-state index is 0.220. The molecule has 1 rings (SSSR count). The summed E-state index contributed by atoms with van der Waals surface area (Å²) in [5.41, 5.74) is 8.17. The Kier molecular flexibility index (Phi) is 1.02. The number of carbonyl (C=O) groups is 1. The molecule has 1 atom stereocenters. The number of hydrogen-bond donors (Lipinski definition) is 2. The average molecular weight is 113 g/mol. The van der Waals surface area contributed by atoms with Crippen LogP contribution in [0.5, 0.6) is 0 Å². The first-order valence-corrected chi connectivity index (χ1v) is 2.31. The number of carbonyl (C=O) groups excluding carboxylic acids is 1. The lowest BCUT2D eigenvalue weighted by molar-refractivity contribution is -0.120. The molecule has 0 bridgehead atoms. The molecule has 3 N–H and O–H groups in total. The number of rotatable bonds is 0. The maximum Gasteiger partial charge on any atom is 0.262 e.